The number of benzene rings is 1. The minimum atomic E-state index is -0.137. The molecule has 18 heavy (non-hydrogen) atoms. The number of nitrogens with zero attached hydrogens (tertiary/aromatic N) is 2. The van der Waals surface area contributed by atoms with Crippen molar-refractivity contribution in [1.82, 2.24) is 4.98 Å². The Morgan fingerprint density at radius 1 is 1.28 bits per heavy atom. The van der Waals surface area contributed by atoms with Crippen LogP contribution in [0.1, 0.15) is 17.3 Å². The monoisotopic (exact) mass is 260 g/mol. The standard InChI is InChI=1S/C14H13ClN2O/c1-2-17(11-6-4-3-5-7-11)14(18)12-10-16-9-8-13(12)15/h3-10H,2H2,1H3. The van der Waals surface area contributed by atoms with Gasteiger partial charge in [0.25, 0.3) is 5.91 Å². The second kappa shape index (κ2) is 5.65. The summed E-state index contributed by atoms with van der Waals surface area (Å²) >= 11 is 6.02. The molecule has 3 nitrogen and oxygen atoms in total. The van der Waals surface area contributed by atoms with E-state index < -0.39 is 0 Å². The molecule has 1 amide bonds. The van der Waals surface area contributed by atoms with E-state index in [9.17, 15) is 4.79 Å². The maximum atomic E-state index is 12.4. The molecule has 0 saturated heterocycles. The van der Waals surface area contributed by atoms with Crippen molar-refractivity contribution in [1.29, 1.82) is 0 Å². The van der Waals surface area contributed by atoms with Gasteiger partial charge in [0, 0.05) is 24.6 Å². The molecule has 0 unspecified atom stereocenters. The molecule has 1 heterocycles. The molecule has 2 aromatic rings. The quantitative estimate of drug-likeness (QED) is 0.847. The number of aromatic nitrogens is 1. The molecule has 1 aromatic heterocycles. The van der Waals surface area contributed by atoms with Crippen LogP contribution in [-0.2, 0) is 0 Å². The highest BCUT2D eigenvalue weighted by Gasteiger charge is 2.18. The maximum Gasteiger partial charge on any atom is 0.261 e. The number of amides is 1. The van der Waals surface area contributed by atoms with Gasteiger partial charge in [-0.2, -0.15) is 0 Å². The van der Waals surface area contributed by atoms with Gasteiger partial charge in [0.1, 0.15) is 0 Å². The van der Waals surface area contributed by atoms with Gasteiger partial charge >= 0.3 is 0 Å². The van der Waals surface area contributed by atoms with Crippen LogP contribution in [0.5, 0.6) is 0 Å². The molecule has 0 aliphatic rings. The first-order valence-electron chi connectivity index (χ1n) is 5.70. The number of rotatable bonds is 3. The summed E-state index contributed by atoms with van der Waals surface area (Å²) in [6, 6.07) is 11.1. The summed E-state index contributed by atoms with van der Waals surface area (Å²) in [4.78, 5) is 18.0. The van der Waals surface area contributed by atoms with Crippen LogP contribution in [0.2, 0.25) is 5.02 Å². The van der Waals surface area contributed by atoms with Gasteiger partial charge < -0.3 is 4.90 Å². The van der Waals surface area contributed by atoms with Crippen molar-refractivity contribution in [2.24, 2.45) is 0 Å². The minimum absolute atomic E-state index is 0.137. The fraction of sp³-hybridized carbons (Fsp3) is 0.143. The summed E-state index contributed by atoms with van der Waals surface area (Å²) < 4.78 is 0. The number of pyridine rings is 1. The van der Waals surface area contributed by atoms with Crippen molar-refractivity contribution in [3.63, 3.8) is 0 Å². The zero-order valence-corrected chi connectivity index (χ0v) is 10.8. The Morgan fingerprint density at radius 3 is 2.61 bits per heavy atom. The number of para-hydroxylation sites is 1. The van der Waals surface area contributed by atoms with Gasteiger partial charge in [0.05, 0.1) is 10.6 Å². The molecule has 92 valence electrons. The molecule has 0 N–H and O–H groups in total. The van der Waals surface area contributed by atoms with E-state index in [4.69, 9.17) is 11.6 Å². The zero-order valence-electron chi connectivity index (χ0n) is 10.0. The largest absolute Gasteiger partial charge is 0.309 e. The lowest BCUT2D eigenvalue weighted by molar-refractivity contribution is 0.0988. The smallest absolute Gasteiger partial charge is 0.261 e. The molecule has 0 aliphatic carbocycles. The number of anilines is 1. The van der Waals surface area contributed by atoms with E-state index >= 15 is 0 Å². The first kappa shape index (κ1) is 12.6. The lowest BCUT2D eigenvalue weighted by Crippen LogP contribution is -2.30. The van der Waals surface area contributed by atoms with Gasteiger partial charge in [0.2, 0.25) is 0 Å². The Labute approximate surface area is 111 Å². The molecular weight excluding hydrogens is 248 g/mol. The first-order valence-corrected chi connectivity index (χ1v) is 6.08. The highest BCUT2D eigenvalue weighted by Crippen LogP contribution is 2.20. The topological polar surface area (TPSA) is 33.2 Å². The van der Waals surface area contributed by atoms with Gasteiger partial charge in [-0.05, 0) is 25.1 Å². The predicted octanol–water partition coefficient (Wildman–Crippen LogP) is 3.40. The minimum Gasteiger partial charge on any atom is -0.309 e. The Balaban J connectivity index is 2.35. The summed E-state index contributed by atoms with van der Waals surface area (Å²) in [6.07, 6.45) is 3.06. The maximum absolute atomic E-state index is 12.4. The molecular formula is C14H13ClN2O. The number of halogens is 1. The van der Waals surface area contributed by atoms with E-state index in [1.165, 1.54) is 6.20 Å². The highest BCUT2D eigenvalue weighted by molar-refractivity contribution is 6.34. The van der Waals surface area contributed by atoms with Crippen molar-refractivity contribution in [3.8, 4) is 0 Å². The lowest BCUT2D eigenvalue weighted by Gasteiger charge is -2.21. The number of hydrogen-bond acceptors (Lipinski definition) is 2. The van der Waals surface area contributed by atoms with Crippen molar-refractivity contribution in [2.75, 3.05) is 11.4 Å². The molecule has 0 atom stereocenters. The van der Waals surface area contributed by atoms with Crippen molar-refractivity contribution in [2.45, 2.75) is 6.92 Å². The summed E-state index contributed by atoms with van der Waals surface area (Å²) in [6.45, 7) is 2.50. The average Bonchev–Trinajstić information content (AvgIpc) is 2.41. The molecule has 1 aromatic carbocycles. The molecule has 0 bridgehead atoms. The van der Waals surface area contributed by atoms with Crippen LogP contribution < -0.4 is 4.90 Å². The summed E-state index contributed by atoms with van der Waals surface area (Å²) in [5.74, 6) is -0.137. The van der Waals surface area contributed by atoms with Crippen molar-refractivity contribution in [3.05, 3.63) is 59.4 Å². The zero-order chi connectivity index (χ0) is 13.0. The summed E-state index contributed by atoms with van der Waals surface area (Å²) in [7, 11) is 0. The van der Waals surface area contributed by atoms with Crippen LogP contribution in [0.25, 0.3) is 0 Å². The Hall–Kier alpha value is -1.87. The summed E-state index contributed by atoms with van der Waals surface area (Å²) in [5.41, 5.74) is 1.27. The van der Waals surface area contributed by atoms with Gasteiger partial charge in [-0.3, -0.25) is 9.78 Å². The van der Waals surface area contributed by atoms with Crippen LogP contribution in [0, 0.1) is 0 Å². The van der Waals surface area contributed by atoms with Crippen LogP contribution in [0.4, 0.5) is 5.69 Å². The fourth-order valence-corrected chi connectivity index (χ4v) is 1.92. The van der Waals surface area contributed by atoms with E-state index in [-0.39, 0.29) is 5.91 Å². The van der Waals surface area contributed by atoms with Crippen LogP contribution in [0.3, 0.4) is 0 Å². The second-order valence-electron chi connectivity index (χ2n) is 3.74. The molecule has 0 aliphatic heterocycles. The van der Waals surface area contributed by atoms with E-state index in [1.807, 2.05) is 37.3 Å². The van der Waals surface area contributed by atoms with E-state index in [2.05, 4.69) is 4.98 Å². The van der Waals surface area contributed by atoms with E-state index in [1.54, 1.807) is 17.2 Å². The number of carbonyl (C=O) groups is 1. The third-order valence-electron chi connectivity index (χ3n) is 2.63. The van der Waals surface area contributed by atoms with E-state index in [0.717, 1.165) is 5.69 Å². The summed E-state index contributed by atoms with van der Waals surface area (Å²) in [5, 5.41) is 0.421. The van der Waals surface area contributed by atoms with Crippen molar-refractivity contribution < 1.29 is 4.79 Å². The van der Waals surface area contributed by atoms with Crippen molar-refractivity contribution >= 4 is 23.2 Å². The SMILES string of the molecule is CCN(C(=O)c1cnccc1Cl)c1ccccc1. The third kappa shape index (κ3) is 2.51. The van der Waals surface area contributed by atoms with Gasteiger partial charge in [0.15, 0.2) is 0 Å². The van der Waals surface area contributed by atoms with Crippen LogP contribution in [0.15, 0.2) is 48.8 Å². The average molecular weight is 261 g/mol. The van der Waals surface area contributed by atoms with Gasteiger partial charge in [-0.25, -0.2) is 0 Å². The van der Waals surface area contributed by atoms with Gasteiger partial charge in [-0.1, -0.05) is 29.8 Å². The fourth-order valence-electron chi connectivity index (χ4n) is 1.73. The lowest BCUT2D eigenvalue weighted by atomic mass is 10.2. The second-order valence-corrected chi connectivity index (χ2v) is 4.15. The molecule has 0 saturated carbocycles. The highest BCUT2D eigenvalue weighted by atomic mass is 35.5. The Kier molecular flexibility index (Phi) is 3.95. The van der Waals surface area contributed by atoms with Crippen LogP contribution in [-0.4, -0.2) is 17.4 Å². The van der Waals surface area contributed by atoms with Gasteiger partial charge in [-0.15, -0.1) is 0 Å². The van der Waals surface area contributed by atoms with E-state index in [0.29, 0.717) is 17.1 Å². The normalized spacial score (nSPS) is 10.1. The molecule has 0 radical (unpaired) electrons. The molecule has 2 rings (SSSR count). The Bertz CT molecular complexity index is 543. The Morgan fingerprint density at radius 2 is 2.00 bits per heavy atom. The molecule has 4 heteroatoms. The molecule has 0 fully saturated rings. The number of carbonyl (C=O) groups excluding carboxylic acids is 1. The van der Waals surface area contributed by atoms with Crippen LogP contribution >= 0.6 is 11.6 Å². The third-order valence-corrected chi connectivity index (χ3v) is 2.96. The molecule has 0 spiro atoms. The first-order chi connectivity index (χ1) is 8.74. The number of hydrogen-bond donors (Lipinski definition) is 0. The predicted molar refractivity (Wildman–Crippen MR) is 73.0 cm³/mol.